The van der Waals surface area contributed by atoms with E-state index in [4.69, 9.17) is 38.2 Å². The summed E-state index contributed by atoms with van der Waals surface area (Å²) in [4.78, 5) is 13.1. The molecule has 0 heterocycles. The summed E-state index contributed by atoms with van der Waals surface area (Å²) in [5.74, 6) is 0.0153. The zero-order chi connectivity index (χ0) is 14.3. The van der Waals surface area contributed by atoms with Gasteiger partial charge in [0.05, 0.1) is 18.2 Å². The van der Waals surface area contributed by atoms with Gasteiger partial charge >= 0.3 is 0 Å². The lowest BCUT2D eigenvalue weighted by Gasteiger charge is -2.20. The number of ether oxygens (including phenoxy) is 1. The molecule has 106 valence electrons. The summed E-state index contributed by atoms with van der Waals surface area (Å²) >= 11 is 11.6. The number of carbonyl (C=O) groups excluding carboxylic acids is 1. The van der Waals surface area contributed by atoms with Crippen molar-refractivity contribution < 1.29 is 19.7 Å². The Morgan fingerprint density at radius 3 is 2.37 bits per heavy atom. The minimum Gasteiger partial charge on any atom is -0.482 e. The highest BCUT2D eigenvalue weighted by atomic mass is 35.5. The molecule has 2 N–H and O–H groups in total. The van der Waals surface area contributed by atoms with Crippen molar-refractivity contribution in [3.63, 3.8) is 0 Å². The predicted molar refractivity (Wildman–Crippen MR) is 72.7 cm³/mol. The van der Waals surface area contributed by atoms with Crippen molar-refractivity contribution in [2.45, 2.75) is 0 Å². The summed E-state index contributed by atoms with van der Waals surface area (Å²) in [5, 5.41) is 18.4. The summed E-state index contributed by atoms with van der Waals surface area (Å²) in [6, 6.07) is 4.69. The molecule has 1 aromatic carbocycles. The molecule has 0 radical (unpaired) electrons. The van der Waals surface area contributed by atoms with Crippen molar-refractivity contribution in [3.05, 3.63) is 28.2 Å². The number of rotatable bonds is 7. The molecule has 0 unspecified atom stereocenters. The number of hydrogen-bond donors (Lipinski definition) is 2. The van der Waals surface area contributed by atoms with Gasteiger partial charge in [-0.25, -0.2) is 0 Å². The molecule has 1 rings (SSSR count). The SMILES string of the molecule is O=C(COc1ccc(Cl)cc1Cl)N(CCO)CCO. The average molecular weight is 308 g/mol. The number of nitrogens with zero attached hydrogens (tertiary/aromatic N) is 1. The largest absolute Gasteiger partial charge is 0.482 e. The van der Waals surface area contributed by atoms with E-state index in [2.05, 4.69) is 0 Å². The maximum absolute atomic E-state index is 11.8. The highest BCUT2D eigenvalue weighted by Gasteiger charge is 2.14. The molecule has 0 aliphatic carbocycles. The maximum atomic E-state index is 11.8. The third kappa shape index (κ3) is 5.24. The Balaban J connectivity index is 2.56. The van der Waals surface area contributed by atoms with Crippen LogP contribution in [0, 0.1) is 0 Å². The Morgan fingerprint density at radius 1 is 1.21 bits per heavy atom. The fourth-order valence-corrected chi connectivity index (χ4v) is 1.89. The third-order valence-corrected chi connectivity index (χ3v) is 2.87. The van der Waals surface area contributed by atoms with Gasteiger partial charge in [0.15, 0.2) is 6.61 Å². The molecule has 1 amide bonds. The van der Waals surface area contributed by atoms with Crippen LogP contribution in [0.2, 0.25) is 10.0 Å². The van der Waals surface area contributed by atoms with Crippen LogP contribution in [0.15, 0.2) is 18.2 Å². The molecular formula is C12H15Cl2NO4. The molecule has 5 nitrogen and oxygen atoms in total. The monoisotopic (exact) mass is 307 g/mol. The van der Waals surface area contributed by atoms with Crippen molar-refractivity contribution in [3.8, 4) is 5.75 Å². The normalized spacial score (nSPS) is 10.3. The van der Waals surface area contributed by atoms with Crippen molar-refractivity contribution in [1.29, 1.82) is 0 Å². The molecule has 7 heteroatoms. The van der Waals surface area contributed by atoms with Crippen LogP contribution < -0.4 is 4.74 Å². The molecule has 0 saturated heterocycles. The van der Waals surface area contributed by atoms with E-state index in [-0.39, 0.29) is 38.8 Å². The van der Waals surface area contributed by atoms with Crippen LogP contribution in [0.5, 0.6) is 5.75 Å². The fourth-order valence-electron chi connectivity index (χ4n) is 1.43. The molecule has 0 aromatic heterocycles. The number of carbonyl (C=O) groups is 1. The number of benzene rings is 1. The number of hydrogen-bond acceptors (Lipinski definition) is 4. The lowest BCUT2D eigenvalue weighted by Crippen LogP contribution is -2.38. The van der Waals surface area contributed by atoms with E-state index in [0.717, 1.165) is 0 Å². The lowest BCUT2D eigenvalue weighted by atomic mass is 10.3. The molecule has 0 spiro atoms. The van der Waals surface area contributed by atoms with Gasteiger partial charge in [0.1, 0.15) is 5.75 Å². The van der Waals surface area contributed by atoms with Gasteiger partial charge in [-0.2, -0.15) is 0 Å². The van der Waals surface area contributed by atoms with E-state index < -0.39 is 0 Å². The molecule has 0 atom stereocenters. The van der Waals surface area contributed by atoms with E-state index in [9.17, 15) is 4.79 Å². The van der Waals surface area contributed by atoms with Crippen LogP contribution in [0.4, 0.5) is 0 Å². The van der Waals surface area contributed by atoms with Crippen LogP contribution in [-0.4, -0.2) is 53.9 Å². The maximum Gasteiger partial charge on any atom is 0.260 e. The standard InChI is InChI=1S/C12H15Cl2NO4/c13-9-1-2-11(10(14)7-9)19-8-12(18)15(3-5-16)4-6-17/h1-2,7,16-17H,3-6,8H2. The second kappa shape index (κ2) is 8.22. The van der Waals surface area contributed by atoms with Crippen molar-refractivity contribution in [2.24, 2.45) is 0 Å². The second-order valence-electron chi connectivity index (χ2n) is 3.69. The molecule has 0 aliphatic heterocycles. The number of amides is 1. The van der Waals surface area contributed by atoms with Crippen molar-refractivity contribution in [1.82, 2.24) is 4.90 Å². The van der Waals surface area contributed by atoms with Crippen LogP contribution in [-0.2, 0) is 4.79 Å². The first-order chi connectivity index (χ1) is 9.08. The second-order valence-corrected chi connectivity index (χ2v) is 4.54. The molecule has 1 aromatic rings. The third-order valence-electron chi connectivity index (χ3n) is 2.34. The minimum absolute atomic E-state index is 0.150. The lowest BCUT2D eigenvalue weighted by molar-refractivity contribution is -0.134. The van der Waals surface area contributed by atoms with Gasteiger partial charge in [-0.05, 0) is 18.2 Å². The number of halogens is 2. The van der Waals surface area contributed by atoms with Crippen LogP contribution in [0.3, 0.4) is 0 Å². The summed E-state index contributed by atoms with van der Waals surface area (Å²) < 4.78 is 5.28. The molecule has 0 aliphatic rings. The Bertz CT molecular complexity index is 422. The molecule has 0 fully saturated rings. The van der Waals surface area contributed by atoms with Gasteiger partial charge in [-0.1, -0.05) is 23.2 Å². The van der Waals surface area contributed by atoms with Crippen LogP contribution >= 0.6 is 23.2 Å². The van der Waals surface area contributed by atoms with Gasteiger partial charge in [0.25, 0.3) is 5.91 Å². The summed E-state index contributed by atoms with van der Waals surface area (Å²) in [5.41, 5.74) is 0. The van der Waals surface area contributed by atoms with E-state index in [1.165, 1.54) is 11.0 Å². The van der Waals surface area contributed by atoms with E-state index in [1.54, 1.807) is 12.1 Å². The summed E-state index contributed by atoms with van der Waals surface area (Å²) in [6.07, 6.45) is 0. The van der Waals surface area contributed by atoms with Crippen LogP contribution in [0.25, 0.3) is 0 Å². The van der Waals surface area contributed by atoms with Gasteiger partial charge in [0, 0.05) is 18.1 Å². The number of aliphatic hydroxyl groups is 2. The fraction of sp³-hybridized carbons (Fsp3) is 0.417. The van der Waals surface area contributed by atoms with Gasteiger partial charge in [-0.3, -0.25) is 4.79 Å². The Hall–Kier alpha value is -1.01. The predicted octanol–water partition coefficient (Wildman–Crippen LogP) is 1.19. The Labute approximate surface area is 121 Å². The van der Waals surface area contributed by atoms with E-state index in [0.29, 0.717) is 15.8 Å². The topological polar surface area (TPSA) is 70.0 Å². The first-order valence-electron chi connectivity index (χ1n) is 5.65. The van der Waals surface area contributed by atoms with Gasteiger partial charge in [0.2, 0.25) is 0 Å². The molecule has 19 heavy (non-hydrogen) atoms. The summed E-state index contributed by atoms with van der Waals surface area (Å²) in [7, 11) is 0. The Kier molecular flexibility index (Phi) is 6.94. The molecule has 0 saturated carbocycles. The zero-order valence-corrected chi connectivity index (χ0v) is 11.7. The van der Waals surface area contributed by atoms with Gasteiger partial charge < -0.3 is 19.8 Å². The first kappa shape index (κ1) is 16.0. The highest BCUT2D eigenvalue weighted by Crippen LogP contribution is 2.27. The highest BCUT2D eigenvalue weighted by molar-refractivity contribution is 6.35. The minimum atomic E-state index is -0.339. The van der Waals surface area contributed by atoms with Crippen molar-refractivity contribution >= 4 is 29.1 Å². The average Bonchev–Trinajstić information content (AvgIpc) is 2.37. The first-order valence-corrected chi connectivity index (χ1v) is 6.41. The van der Waals surface area contributed by atoms with Crippen LogP contribution in [0.1, 0.15) is 0 Å². The summed E-state index contributed by atoms with van der Waals surface area (Å²) in [6.45, 7) is -0.267. The van der Waals surface area contributed by atoms with Gasteiger partial charge in [-0.15, -0.1) is 0 Å². The number of aliphatic hydroxyl groups excluding tert-OH is 2. The van der Waals surface area contributed by atoms with Crippen molar-refractivity contribution in [2.75, 3.05) is 32.9 Å². The zero-order valence-electron chi connectivity index (χ0n) is 10.2. The van der Waals surface area contributed by atoms with E-state index >= 15 is 0 Å². The van der Waals surface area contributed by atoms with E-state index in [1.807, 2.05) is 0 Å². The smallest absolute Gasteiger partial charge is 0.260 e. The molecular weight excluding hydrogens is 293 g/mol. The Morgan fingerprint density at radius 2 is 1.84 bits per heavy atom. The quantitative estimate of drug-likeness (QED) is 0.794. The molecule has 0 bridgehead atoms.